The molecule has 0 spiro atoms. The first-order valence-corrected chi connectivity index (χ1v) is 17.5. The van der Waals surface area contributed by atoms with E-state index in [4.69, 9.17) is 19.4 Å². The summed E-state index contributed by atoms with van der Waals surface area (Å²) >= 11 is 0. The van der Waals surface area contributed by atoms with Crippen molar-refractivity contribution in [2.75, 3.05) is 0 Å². The molecule has 8 aromatic carbocycles. The summed E-state index contributed by atoms with van der Waals surface area (Å²) in [5, 5.41) is 9.27. The summed E-state index contributed by atoms with van der Waals surface area (Å²) in [7, 11) is 0. The first-order chi connectivity index (χ1) is 25.8. The van der Waals surface area contributed by atoms with Gasteiger partial charge in [0.05, 0.1) is 16.4 Å². The number of rotatable bonds is 4. The number of furan rings is 1. The molecule has 0 bridgehead atoms. The fourth-order valence-electron chi connectivity index (χ4n) is 7.93. The second kappa shape index (κ2) is 11.2. The maximum Gasteiger partial charge on any atom is 0.164 e. The lowest BCUT2D eigenvalue weighted by molar-refractivity contribution is 0.673. The third-order valence-corrected chi connectivity index (χ3v) is 10.2. The number of fused-ring (bicyclic) bond motifs is 12. The van der Waals surface area contributed by atoms with Crippen molar-refractivity contribution in [3.05, 3.63) is 170 Å². The van der Waals surface area contributed by atoms with Crippen LogP contribution in [-0.4, -0.2) is 19.5 Å². The third kappa shape index (κ3) is 4.26. The molecule has 0 radical (unpaired) electrons. The molecule has 3 heterocycles. The Morgan fingerprint density at radius 1 is 0.385 bits per heavy atom. The van der Waals surface area contributed by atoms with Crippen LogP contribution in [0, 0.1) is 0 Å². The van der Waals surface area contributed by atoms with Crippen LogP contribution >= 0.6 is 0 Å². The van der Waals surface area contributed by atoms with E-state index in [2.05, 4.69) is 108 Å². The van der Waals surface area contributed by atoms with Gasteiger partial charge in [0.15, 0.2) is 17.5 Å². The fraction of sp³-hybridized carbons (Fsp3) is 0. The zero-order valence-corrected chi connectivity index (χ0v) is 27.9. The molecule has 11 rings (SSSR count). The van der Waals surface area contributed by atoms with Gasteiger partial charge in [0.25, 0.3) is 0 Å². The Bertz CT molecular complexity index is 3120. The average Bonchev–Trinajstić information content (AvgIpc) is 3.78. The molecular weight excluding hydrogens is 637 g/mol. The molecule has 0 saturated carbocycles. The van der Waals surface area contributed by atoms with E-state index >= 15 is 0 Å². The normalized spacial score (nSPS) is 11.8. The molecule has 0 aliphatic carbocycles. The number of nitrogens with zero attached hydrogens (tertiary/aromatic N) is 4. The van der Waals surface area contributed by atoms with Crippen LogP contribution in [0.4, 0.5) is 0 Å². The first-order valence-electron chi connectivity index (χ1n) is 17.5. The van der Waals surface area contributed by atoms with Crippen LogP contribution in [0.3, 0.4) is 0 Å². The van der Waals surface area contributed by atoms with E-state index in [9.17, 15) is 0 Å². The molecule has 242 valence electrons. The maximum absolute atomic E-state index is 6.83. The molecule has 0 aliphatic rings. The Morgan fingerprint density at radius 2 is 0.923 bits per heavy atom. The first kappa shape index (κ1) is 28.7. The molecule has 3 aromatic heterocycles. The topological polar surface area (TPSA) is 56.7 Å². The molecule has 0 atom stereocenters. The Morgan fingerprint density at radius 3 is 1.65 bits per heavy atom. The molecule has 0 N–H and O–H groups in total. The molecule has 0 amide bonds. The number of hydrogen-bond acceptors (Lipinski definition) is 4. The van der Waals surface area contributed by atoms with Gasteiger partial charge in [0.2, 0.25) is 0 Å². The van der Waals surface area contributed by atoms with E-state index in [1.807, 2.05) is 66.7 Å². The second-order valence-corrected chi connectivity index (χ2v) is 13.2. The number of para-hydroxylation sites is 2. The van der Waals surface area contributed by atoms with Crippen molar-refractivity contribution in [1.29, 1.82) is 0 Å². The second-order valence-electron chi connectivity index (χ2n) is 13.2. The summed E-state index contributed by atoms with van der Waals surface area (Å²) in [4.78, 5) is 15.0. The van der Waals surface area contributed by atoms with E-state index in [0.717, 1.165) is 66.1 Å². The molecule has 5 nitrogen and oxygen atoms in total. The summed E-state index contributed by atoms with van der Waals surface area (Å²) in [6, 6.07) is 59.0. The van der Waals surface area contributed by atoms with Crippen molar-refractivity contribution in [2.45, 2.75) is 0 Å². The van der Waals surface area contributed by atoms with Crippen molar-refractivity contribution >= 4 is 65.3 Å². The Kier molecular flexibility index (Phi) is 6.18. The van der Waals surface area contributed by atoms with Gasteiger partial charge in [-0.1, -0.05) is 146 Å². The SMILES string of the molecule is c1ccc(-c2nc(-c3ccccc3)nc(-c3cccc(-n4c5ccccc5c5ccc6c7ccccc7c7c8ccccc8oc7c6c54)c3)n2)cc1. The van der Waals surface area contributed by atoms with Crippen molar-refractivity contribution in [3.8, 4) is 39.9 Å². The van der Waals surface area contributed by atoms with Gasteiger partial charge in [0.1, 0.15) is 11.2 Å². The van der Waals surface area contributed by atoms with Crippen LogP contribution < -0.4 is 0 Å². The van der Waals surface area contributed by atoms with Crippen molar-refractivity contribution in [2.24, 2.45) is 0 Å². The molecule has 11 aromatic rings. The van der Waals surface area contributed by atoms with Crippen molar-refractivity contribution < 1.29 is 4.42 Å². The van der Waals surface area contributed by atoms with E-state index < -0.39 is 0 Å². The van der Waals surface area contributed by atoms with Crippen LogP contribution in [0.15, 0.2) is 174 Å². The molecule has 0 unspecified atom stereocenters. The Hall–Kier alpha value is -7.11. The number of benzene rings is 8. The lowest BCUT2D eigenvalue weighted by Crippen LogP contribution is -2.01. The molecule has 52 heavy (non-hydrogen) atoms. The lowest BCUT2D eigenvalue weighted by Gasteiger charge is -2.13. The van der Waals surface area contributed by atoms with Gasteiger partial charge in [-0.3, -0.25) is 0 Å². The largest absolute Gasteiger partial charge is 0.455 e. The lowest BCUT2D eigenvalue weighted by atomic mass is 9.95. The van der Waals surface area contributed by atoms with E-state index in [1.54, 1.807) is 0 Å². The molecule has 5 heteroatoms. The zero-order valence-electron chi connectivity index (χ0n) is 27.9. The summed E-state index contributed by atoms with van der Waals surface area (Å²) < 4.78 is 9.22. The minimum atomic E-state index is 0.617. The van der Waals surface area contributed by atoms with Gasteiger partial charge in [-0.2, -0.15) is 0 Å². The van der Waals surface area contributed by atoms with Crippen LogP contribution in [0.1, 0.15) is 0 Å². The predicted octanol–water partition coefficient (Wildman–Crippen LogP) is 12.2. The van der Waals surface area contributed by atoms with Crippen molar-refractivity contribution in [1.82, 2.24) is 19.5 Å². The van der Waals surface area contributed by atoms with Crippen LogP contribution in [0.2, 0.25) is 0 Å². The smallest absolute Gasteiger partial charge is 0.164 e. The highest BCUT2D eigenvalue weighted by molar-refractivity contribution is 6.36. The summed E-state index contributed by atoms with van der Waals surface area (Å²) in [5.41, 5.74) is 7.80. The van der Waals surface area contributed by atoms with Crippen LogP contribution in [0.5, 0.6) is 0 Å². The monoisotopic (exact) mass is 664 g/mol. The summed E-state index contributed by atoms with van der Waals surface area (Å²) in [5.74, 6) is 1.89. The van der Waals surface area contributed by atoms with E-state index in [1.165, 1.54) is 21.5 Å². The Balaban J connectivity index is 1.23. The number of aromatic nitrogens is 4. The predicted molar refractivity (Wildman–Crippen MR) is 213 cm³/mol. The van der Waals surface area contributed by atoms with Crippen molar-refractivity contribution in [3.63, 3.8) is 0 Å². The van der Waals surface area contributed by atoms with Gasteiger partial charge >= 0.3 is 0 Å². The third-order valence-electron chi connectivity index (χ3n) is 10.2. The summed E-state index contributed by atoms with van der Waals surface area (Å²) in [6.07, 6.45) is 0. The minimum absolute atomic E-state index is 0.617. The standard InChI is InChI=1S/C47H28N4O/c1-3-14-29(15-4-1)45-48-46(30-16-5-2-6-17-30)50-47(49-45)31-18-13-19-32(28-31)51-39-24-11-9-21-34(39)37-27-26-36-33-20-7-8-22-35(33)41-38-23-10-12-25-40(38)52-44(41)42(36)43(37)51/h1-28H. The zero-order chi connectivity index (χ0) is 34.2. The molecule has 0 aliphatic heterocycles. The minimum Gasteiger partial charge on any atom is -0.455 e. The van der Waals surface area contributed by atoms with E-state index in [-0.39, 0.29) is 0 Å². The highest BCUT2D eigenvalue weighted by Crippen LogP contribution is 2.46. The highest BCUT2D eigenvalue weighted by Gasteiger charge is 2.22. The maximum atomic E-state index is 6.83. The summed E-state index contributed by atoms with van der Waals surface area (Å²) in [6.45, 7) is 0. The number of hydrogen-bond donors (Lipinski definition) is 0. The highest BCUT2D eigenvalue weighted by atomic mass is 16.3. The van der Waals surface area contributed by atoms with Gasteiger partial charge < -0.3 is 8.98 Å². The quantitative estimate of drug-likeness (QED) is 0.176. The fourth-order valence-corrected chi connectivity index (χ4v) is 7.93. The molecule has 0 fully saturated rings. The Labute approximate surface area is 298 Å². The van der Waals surface area contributed by atoms with Crippen LogP contribution in [-0.2, 0) is 0 Å². The van der Waals surface area contributed by atoms with Gasteiger partial charge in [-0.25, -0.2) is 15.0 Å². The van der Waals surface area contributed by atoms with Gasteiger partial charge in [-0.15, -0.1) is 0 Å². The van der Waals surface area contributed by atoms with Crippen LogP contribution in [0.25, 0.3) is 105 Å². The molecule has 0 saturated heterocycles. The average molecular weight is 665 g/mol. The molecular formula is C47H28N4O. The van der Waals surface area contributed by atoms with E-state index in [0.29, 0.717) is 17.5 Å². The van der Waals surface area contributed by atoms with Gasteiger partial charge in [-0.05, 0) is 40.4 Å². The van der Waals surface area contributed by atoms with Gasteiger partial charge in [0, 0.05) is 43.9 Å².